The number of para-hydroxylation sites is 1. The summed E-state index contributed by atoms with van der Waals surface area (Å²) in [6, 6.07) is 15.9. The number of hydrogen-bond donors (Lipinski definition) is 1. The van der Waals surface area contributed by atoms with Gasteiger partial charge in [0.25, 0.3) is 5.91 Å². The molecule has 0 bridgehead atoms. The zero-order chi connectivity index (χ0) is 22.7. The van der Waals surface area contributed by atoms with E-state index in [1.807, 2.05) is 48.2 Å². The van der Waals surface area contributed by atoms with Crippen LogP contribution in [-0.4, -0.2) is 47.0 Å². The molecule has 1 fully saturated rings. The van der Waals surface area contributed by atoms with E-state index in [2.05, 4.69) is 15.3 Å². The number of nitrogens with one attached hydrogen (secondary N) is 1. The van der Waals surface area contributed by atoms with E-state index in [9.17, 15) is 18.0 Å². The Morgan fingerprint density at radius 1 is 0.938 bits per heavy atom. The highest BCUT2D eigenvalue weighted by Gasteiger charge is 2.31. The van der Waals surface area contributed by atoms with E-state index in [0.29, 0.717) is 37.9 Å². The van der Waals surface area contributed by atoms with Gasteiger partial charge < -0.3 is 15.1 Å². The normalized spacial score (nSPS) is 14.4. The first-order valence-corrected chi connectivity index (χ1v) is 10.2. The number of piperazine rings is 1. The summed E-state index contributed by atoms with van der Waals surface area (Å²) >= 11 is 0. The first kappa shape index (κ1) is 21.6. The highest BCUT2D eigenvalue weighted by Crippen LogP contribution is 2.29. The number of alkyl halides is 3. The number of hydrogen-bond acceptors (Lipinski definition) is 5. The molecule has 0 aliphatic carbocycles. The Morgan fingerprint density at radius 3 is 2.22 bits per heavy atom. The molecule has 2 aromatic carbocycles. The summed E-state index contributed by atoms with van der Waals surface area (Å²) in [7, 11) is 0. The third-order valence-electron chi connectivity index (χ3n) is 5.20. The third kappa shape index (κ3) is 4.99. The lowest BCUT2D eigenvalue weighted by atomic mass is 10.1. The van der Waals surface area contributed by atoms with Crippen molar-refractivity contribution in [2.45, 2.75) is 13.1 Å². The number of aryl methyl sites for hydroxylation is 1. The molecule has 1 aliphatic heterocycles. The summed E-state index contributed by atoms with van der Waals surface area (Å²) in [5.74, 6) is 0.974. The Balaban J connectivity index is 1.40. The van der Waals surface area contributed by atoms with Crippen molar-refractivity contribution in [3.8, 4) is 0 Å². The minimum Gasteiger partial charge on any atom is -0.340 e. The van der Waals surface area contributed by atoms with Crippen LogP contribution in [0.1, 0.15) is 21.6 Å². The fourth-order valence-electron chi connectivity index (χ4n) is 3.52. The minimum absolute atomic E-state index is 0.243. The standard InChI is InChI=1S/C23H22F3N5O/c1-16-15-20(28-19-5-3-2-4-6-19)29-22(27-16)31-13-11-30(12-14-31)21(32)17-7-9-18(10-8-17)23(24,25)26/h2-10,15H,11-14H2,1H3,(H,27,28,29). The average Bonchev–Trinajstić information content (AvgIpc) is 2.78. The first-order chi connectivity index (χ1) is 15.3. The van der Waals surface area contributed by atoms with Gasteiger partial charge in [0.15, 0.2) is 0 Å². The lowest BCUT2D eigenvalue weighted by Gasteiger charge is -2.35. The predicted octanol–water partition coefficient (Wildman–Crippen LogP) is 4.51. The second-order valence-corrected chi connectivity index (χ2v) is 7.54. The number of halogens is 3. The van der Waals surface area contributed by atoms with Gasteiger partial charge in [0.05, 0.1) is 5.56 Å². The van der Waals surface area contributed by atoms with Crippen molar-refractivity contribution in [3.63, 3.8) is 0 Å². The Kier molecular flexibility index (Phi) is 5.98. The first-order valence-electron chi connectivity index (χ1n) is 10.2. The summed E-state index contributed by atoms with van der Waals surface area (Å²) in [4.78, 5) is 25.5. The molecule has 1 aliphatic rings. The van der Waals surface area contributed by atoms with Gasteiger partial charge in [0.1, 0.15) is 5.82 Å². The molecule has 0 spiro atoms. The van der Waals surface area contributed by atoms with Crippen LogP contribution in [0.2, 0.25) is 0 Å². The molecule has 1 amide bonds. The number of benzene rings is 2. The van der Waals surface area contributed by atoms with E-state index in [1.54, 1.807) is 4.90 Å². The van der Waals surface area contributed by atoms with Crippen LogP contribution < -0.4 is 10.2 Å². The van der Waals surface area contributed by atoms with Crippen molar-refractivity contribution >= 4 is 23.4 Å². The molecular formula is C23H22F3N5O. The number of anilines is 3. The van der Waals surface area contributed by atoms with E-state index in [4.69, 9.17) is 0 Å². The monoisotopic (exact) mass is 441 g/mol. The molecule has 9 heteroatoms. The smallest absolute Gasteiger partial charge is 0.340 e. The number of aromatic nitrogens is 2. The number of rotatable bonds is 4. The highest BCUT2D eigenvalue weighted by atomic mass is 19.4. The molecule has 1 aromatic heterocycles. The van der Waals surface area contributed by atoms with Gasteiger partial charge in [-0.25, -0.2) is 4.98 Å². The Morgan fingerprint density at radius 2 is 1.59 bits per heavy atom. The van der Waals surface area contributed by atoms with Crippen molar-refractivity contribution in [1.82, 2.24) is 14.9 Å². The number of carbonyl (C=O) groups excluding carboxylic acids is 1. The van der Waals surface area contributed by atoms with Crippen LogP contribution in [0.15, 0.2) is 60.7 Å². The highest BCUT2D eigenvalue weighted by molar-refractivity contribution is 5.94. The summed E-state index contributed by atoms with van der Waals surface area (Å²) in [5, 5.41) is 3.27. The van der Waals surface area contributed by atoms with Crippen molar-refractivity contribution in [2.24, 2.45) is 0 Å². The average molecular weight is 441 g/mol. The van der Waals surface area contributed by atoms with Gasteiger partial charge in [-0.3, -0.25) is 4.79 Å². The van der Waals surface area contributed by atoms with Crippen molar-refractivity contribution < 1.29 is 18.0 Å². The van der Waals surface area contributed by atoms with Gasteiger partial charge in [-0.1, -0.05) is 18.2 Å². The summed E-state index contributed by atoms with van der Waals surface area (Å²) in [6.45, 7) is 3.81. The maximum atomic E-state index is 12.7. The predicted molar refractivity (Wildman–Crippen MR) is 116 cm³/mol. The Bertz CT molecular complexity index is 1080. The summed E-state index contributed by atoms with van der Waals surface area (Å²) < 4.78 is 38.2. The van der Waals surface area contributed by atoms with Crippen LogP contribution in [0.4, 0.5) is 30.6 Å². The van der Waals surface area contributed by atoms with Crippen LogP contribution in [0.25, 0.3) is 0 Å². The van der Waals surface area contributed by atoms with Gasteiger partial charge in [0.2, 0.25) is 5.95 Å². The molecule has 0 atom stereocenters. The van der Waals surface area contributed by atoms with Gasteiger partial charge in [-0.2, -0.15) is 18.2 Å². The second-order valence-electron chi connectivity index (χ2n) is 7.54. The van der Waals surface area contributed by atoms with E-state index in [-0.39, 0.29) is 11.5 Å². The van der Waals surface area contributed by atoms with Crippen LogP contribution in [0, 0.1) is 6.92 Å². The van der Waals surface area contributed by atoms with Crippen LogP contribution in [0.3, 0.4) is 0 Å². The molecule has 6 nitrogen and oxygen atoms in total. The number of nitrogens with zero attached hydrogens (tertiary/aromatic N) is 4. The molecule has 0 saturated carbocycles. The quantitative estimate of drug-likeness (QED) is 0.646. The van der Waals surface area contributed by atoms with Crippen molar-refractivity contribution in [2.75, 3.05) is 36.4 Å². The summed E-state index contributed by atoms with van der Waals surface area (Å²) in [6.07, 6.45) is -4.42. The van der Waals surface area contributed by atoms with Crippen LogP contribution in [-0.2, 0) is 6.18 Å². The van der Waals surface area contributed by atoms with Gasteiger partial charge >= 0.3 is 6.18 Å². The minimum atomic E-state index is -4.42. The molecule has 1 saturated heterocycles. The summed E-state index contributed by atoms with van der Waals surface area (Å²) in [5.41, 5.74) is 1.21. The fraction of sp³-hybridized carbons (Fsp3) is 0.261. The molecule has 2 heterocycles. The maximum absolute atomic E-state index is 12.7. The van der Waals surface area contributed by atoms with Gasteiger partial charge in [0, 0.05) is 49.2 Å². The van der Waals surface area contributed by atoms with Crippen molar-refractivity contribution in [3.05, 3.63) is 77.5 Å². The number of amides is 1. The fourth-order valence-corrected chi connectivity index (χ4v) is 3.52. The lowest BCUT2D eigenvalue weighted by molar-refractivity contribution is -0.137. The Hall–Kier alpha value is -3.62. The van der Waals surface area contributed by atoms with Crippen molar-refractivity contribution in [1.29, 1.82) is 0 Å². The SMILES string of the molecule is Cc1cc(Nc2ccccc2)nc(N2CCN(C(=O)c3ccc(C(F)(F)F)cc3)CC2)n1. The maximum Gasteiger partial charge on any atom is 0.416 e. The molecule has 3 aromatic rings. The molecular weight excluding hydrogens is 419 g/mol. The second kappa shape index (κ2) is 8.86. The van der Waals surface area contributed by atoms with Gasteiger partial charge in [-0.15, -0.1) is 0 Å². The van der Waals surface area contributed by atoms with E-state index in [0.717, 1.165) is 23.5 Å². The molecule has 32 heavy (non-hydrogen) atoms. The molecule has 4 rings (SSSR count). The lowest BCUT2D eigenvalue weighted by Crippen LogP contribution is -2.49. The molecule has 0 unspecified atom stereocenters. The Labute approximate surface area is 183 Å². The third-order valence-corrected chi connectivity index (χ3v) is 5.20. The van der Waals surface area contributed by atoms with E-state index < -0.39 is 11.7 Å². The van der Waals surface area contributed by atoms with Crippen LogP contribution >= 0.6 is 0 Å². The van der Waals surface area contributed by atoms with Gasteiger partial charge in [-0.05, 0) is 43.3 Å². The molecule has 0 radical (unpaired) electrons. The largest absolute Gasteiger partial charge is 0.416 e. The topological polar surface area (TPSA) is 61.4 Å². The zero-order valence-corrected chi connectivity index (χ0v) is 17.4. The molecule has 166 valence electrons. The zero-order valence-electron chi connectivity index (χ0n) is 17.4. The molecule has 1 N–H and O–H groups in total. The number of carbonyl (C=O) groups is 1. The van der Waals surface area contributed by atoms with E-state index >= 15 is 0 Å². The van der Waals surface area contributed by atoms with Crippen LogP contribution in [0.5, 0.6) is 0 Å². The van der Waals surface area contributed by atoms with E-state index in [1.165, 1.54) is 12.1 Å².